The molecule has 0 radical (unpaired) electrons. The van der Waals surface area contributed by atoms with E-state index in [9.17, 15) is 9.59 Å². The van der Waals surface area contributed by atoms with Crippen LogP contribution in [0.5, 0.6) is 0 Å². The van der Waals surface area contributed by atoms with Crippen molar-refractivity contribution in [1.29, 1.82) is 0 Å². The second-order valence-corrected chi connectivity index (χ2v) is 2.71. The molecule has 1 amide bonds. The van der Waals surface area contributed by atoms with Crippen molar-refractivity contribution in [2.75, 3.05) is 0 Å². The highest BCUT2D eigenvalue weighted by atomic mass is 16.4. The third-order valence-electron chi connectivity index (χ3n) is 1.51. The number of nitrogens with one attached hydrogen (secondary N) is 1. The zero-order valence-corrected chi connectivity index (χ0v) is 7.54. The Labute approximate surface area is 79.8 Å². The average molecular weight is 198 g/mol. The van der Waals surface area contributed by atoms with Crippen molar-refractivity contribution >= 4 is 11.9 Å². The molecule has 0 fully saturated rings. The third kappa shape index (κ3) is 2.85. The van der Waals surface area contributed by atoms with Crippen LogP contribution in [0.3, 0.4) is 0 Å². The van der Waals surface area contributed by atoms with Crippen LogP contribution in [0.15, 0.2) is 12.7 Å². The largest absolute Gasteiger partial charge is 0.480 e. The van der Waals surface area contributed by atoms with Crippen molar-refractivity contribution in [2.24, 2.45) is 0 Å². The molecule has 0 spiro atoms. The maximum absolute atomic E-state index is 10.7. The molecule has 1 heterocycles. The molecule has 0 unspecified atom stereocenters. The maximum Gasteiger partial charge on any atom is 0.328 e. The van der Waals surface area contributed by atoms with E-state index in [1.54, 1.807) is 0 Å². The zero-order chi connectivity index (χ0) is 10.6. The topological polar surface area (TPSA) is 97.1 Å². The van der Waals surface area contributed by atoms with Gasteiger partial charge in [-0.05, 0) is 0 Å². The average Bonchev–Trinajstić information content (AvgIpc) is 2.54. The quantitative estimate of drug-likeness (QED) is 0.637. The van der Waals surface area contributed by atoms with Gasteiger partial charge in [0.1, 0.15) is 18.7 Å². The van der Waals surface area contributed by atoms with Gasteiger partial charge in [0, 0.05) is 6.92 Å². The van der Waals surface area contributed by atoms with E-state index in [2.05, 4.69) is 15.4 Å². The first-order chi connectivity index (χ1) is 6.59. The Bertz CT molecular complexity index is 322. The Morgan fingerprint density at radius 2 is 2.36 bits per heavy atom. The highest BCUT2D eigenvalue weighted by Crippen LogP contribution is 1.90. The number of hydrogen-bond acceptors (Lipinski definition) is 4. The van der Waals surface area contributed by atoms with Crippen molar-refractivity contribution in [3.63, 3.8) is 0 Å². The minimum atomic E-state index is -1.10. The summed E-state index contributed by atoms with van der Waals surface area (Å²) in [6.07, 6.45) is 2.68. The van der Waals surface area contributed by atoms with E-state index in [0.29, 0.717) is 0 Å². The number of carboxylic acids is 1. The SMILES string of the molecule is CC(=O)N[C@@H](Cn1cncn1)C(=O)O. The molecule has 7 heteroatoms. The summed E-state index contributed by atoms with van der Waals surface area (Å²) in [5.41, 5.74) is 0. The lowest BCUT2D eigenvalue weighted by atomic mass is 10.3. The van der Waals surface area contributed by atoms with Crippen molar-refractivity contribution in [2.45, 2.75) is 19.5 Å². The normalized spacial score (nSPS) is 12.1. The van der Waals surface area contributed by atoms with E-state index in [-0.39, 0.29) is 6.54 Å². The van der Waals surface area contributed by atoms with Crippen LogP contribution >= 0.6 is 0 Å². The Morgan fingerprint density at radius 3 is 2.79 bits per heavy atom. The summed E-state index contributed by atoms with van der Waals surface area (Å²) < 4.78 is 1.34. The van der Waals surface area contributed by atoms with Crippen LogP contribution in [0.2, 0.25) is 0 Å². The van der Waals surface area contributed by atoms with Crippen molar-refractivity contribution in [3.05, 3.63) is 12.7 Å². The van der Waals surface area contributed by atoms with Gasteiger partial charge >= 0.3 is 5.97 Å². The molecule has 0 aromatic carbocycles. The fraction of sp³-hybridized carbons (Fsp3) is 0.429. The van der Waals surface area contributed by atoms with Gasteiger partial charge in [-0.15, -0.1) is 0 Å². The van der Waals surface area contributed by atoms with Gasteiger partial charge in [0.2, 0.25) is 5.91 Å². The Morgan fingerprint density at radius 1 is 1.64 bits per heavy atom. The molecule has 0 saturated carbocycles. The minimum Gasteiger partial charge on any atom is -0.480 e. The number of carbonyl (C=O) groups excluding carboxylic acids is 1. The number of nitrogens with zero attached hydrogens (tertiary/aromatic N) is 3. The van der Waals surface area contributed by atoms with Gasteiger partial charge in [0.15, 0.2) is 0 Å². The van der Waals surface area contributed by atoms with E-state index in [0.717, 1.165) is 0 Å². The highest BCUT2D eigenvalue weighted by molar-refractivity contribution is 5.81. The minimum absolute atomic E-state index is 0.0644. The predicted molar refractivity (Wildman–Crippen MR) is 45.3 cm³/mol. The van der Waals surface area contributed by atoms with E-state index < -0.39 is 17.9 Å². The lowest BCUT2D eigenvalue weighted by Crippen LogP contribution is -2.42. The molecule has 0 aliphatic rings. The molecule has 0 aliphatic carbocycles. The zero-order valence-electron chi connectivity index (χ0n) is 7.54. The second-order valence-electron chi connectivity index (χ2n) is 2.71. The molecule has 0 aliphatic heterocycles. The number of rotatable bonds is 4. The van der Waals surface area contributed by atoms with E-state index in [1.807, 2.05) is 0 Å². The lowest BCUT2D eigenvalue weighted by Gasteiger charge is -2.12. The summed E-state index contributed by atoms with van der Waals surface area (Å²) in [6.45, 7) is 1.33. The second kappa shape index (κ2) is 4.35. The van der Waals surface area contributed by atoms with E-state index in [1.165, 1.54) is 24.3 Å². The summed E-state index contributed by atoms with van der Waals surface area (Å²) in [7, 11) is 0. The molecular formula is C7H10N4O3. The summed E-state index contributed by atoms with van der Waals surface area (Å²) in [5.74, 6) is -1.49. The molecule has 1 aromatic heterocycles. The fourth-order valence-electron chi connectivity index (χ4n) is 0.945. The number of aliphatic carboxylic acids is 1. The third-order valence-corrected chi connectivity index (χ3v) is 1.51. The molecule has 14 heavy (non-hydrogen) atoms. The first kappa shape index (κ1) is 10.2. The molecule has 76 valence electrons. The van der Waals surface area contributed by atoms with Gasteiger partial charge in [0.05, 0.1) is 6.54 Å². The molecule has 1 aromatic rings. The smallest absolute Gasteiger partial charge is 0.328 e. The fourth-order valence-corrected chi connectivity index (χ4v) is 0.945. The Hall–Kier alpha value is -1.92. The first-order valence-electron chi connectivity index (χ1n) is 3.92. The number of carbonyl (C=O) groups is 2. The van der Waals surface area contributed by atoms with Gasteiger partial charge in [-0.2, -0.15) is 5.10 Å². The van der Waals surface area contributed by atoms with E-state index in [4.69, 9.17) is 5.11 Å². The van der Waals surface area contributed by atoms with Gasteiger partial charge in [-0.1, -0.05) is 0 Å². The summed E-state index contributed by atoms with van der Waals surface area (Å²) in [6, 6.07) is -0.978. The Kier molecular flexibility index (Phi) is 3.16. The molecule has 7 nitrogen and oxygen atoms in total. The maximum atomic E-state index is 10.7. The Balaban J connectivity index is 2.60. The number of hydrogen-bond donors (Lipinski definition) is 2. The van der Waals surface area contributed by atoms with Gasteiger partial charge in [-0.3, -0.25) is 9.48 Å². The van der Waals surface area contributed by atoms with Crippen molar-refractivity contribution in [3.8, 4) is 0 Å². The van der Waals surface area contributed by atoms with Crippen LogP contribution in [0, 0.1) is 0 Å². The molecule has 1 rings (SSSR count). The van der Waals surface area contributed by atoms with Crippen LogP contribution in [-0.4, -0.2) is 37.8 Å². The van der Waals surface area contributed by atoms with E-state index >= 15 is 0 Å². The molecule has 0 saturated heterocycles. The predicted octanol–water partition coefficient (Wildman–Crippen LogP) is -1.13. The summed E-state index contributed by atoms with van der Waals surface area (Å²) in [5, 5.41) is 14.8. The molecule has 0 bridgehead atoms. The van der Waals surface area contributed by atoms with Crippen LogP contribution in [-0.2, 0) is 16.1 Å². The first-order valence-corrected chi connectivity index (χ1v) is 3.92. The van der Waals surface area contributed by atoms with Crippen LogP contribution in [0.4, 0.5) is 0 Å². The summed E-state index contributed by atoms with van der Waals surface area (Å²) >= 11 is 0. The number of aromatic nitrogens is 3. The highest BCUT2D eigenvalue weighted by Gasteiger charge is 2.18. The van der Waals surface area contributed by atoms with Gasteiger partial charge in [-0.25, -0.2) is 9.78 Å². The number of amides is 1. The monoisotopic (exact) mass is 198 g/mol. The molecule has 1 atom stereocenters. The van der Waals surface area contributed by atoms with Gasteiger partial charge in [0.25, 0.3) is 0 Å². The standard InChI is InChI=1S/C7H10N4O3/c1-5(12)10-6(7(13)14)2-11-4-8-3-9-11/h3-4,6H,2H2,1H3,(H,10,12)(H,13,14)/t6-/m0/s1. The summed E-state index contributed by atoms with van der Waals surface area (Å²) in [4.78, 5) is 25.0. The van der Waals surface area contributed by atoms with Crippen LogP contribution in [0.25, 0.3) is 0 Å². The van der Waals surface area contributed by atoms with Crippen molar-refractivity contribution in [1.82, 2.24) is 20.1 Å². The molecule has 2 N–H and O–H groups in total. The van der Waals surface area contributed by atoms with Crippen molar-refractivity contribution < 1.29 is 14.7 Å². The van der Waals surface area contributed by atoms with Crippen LogP contribution < -0.4 is 5.32 Å². The molecular weight excluding hydrogens is 188 g/mol. The lowest BCUT2D eigenvalue weighted by molar-refractivity contribution is -0.142. The van der Waals surface area contributed by atoms with Crippen LogP contribution in [0.1, 0.15) is 6.92 Å². The van der Waals surface area contributed by atoms with Gasteiger partial charge < -0.3 is 10.4 Å². The number of carboxylic acid groups (broad SMARTS) is 1.